The molecule has 2 aromatic rings. The summed E-state index contributed by atoms with van der Waals surface area (Å²) >= 11 is 1.52. The molecule has 2 heterocycles. The number of likely N-dealkylation sites (N-methyl/N-ethyl adjacent to an activating group) is 1. The van der Waals surface area contributed by atoms with Crippen molar-refractivity contribution in [1.82, 2.24) is 20.0 Å². The number of aromatic nitrogens is 2. The van der Waals surface area contributed by atoms with Gasteiger partial charge in [-0.3, -0.25) is 14.3 Å². The van der Waals surface area contributed by atoms with Crippen LogP contribution in [0.1, 0.15) is 66.9 Å². The molecule has 6 nitrogen and oxygen atoms in total. The smallest absolute Gasteiger partial charge is 0.261 e. The highest BCUT2D eigenvalue weighted by atomic mass is 32.1. The molecule has 3 rings (SSSR count). The van der Waals surface area contributed by atoms with Crippen LogP contribution in [0.5, 0.6) is 0 Å². The lowest BCUT2D eigenvalue weighted by Gasteiger charge is -2.22. The Morgan fingerprint density at radius 3 is 2.77 bits per heavy atom. The third-order valence-electron chi connectivity index (χ3n) is 5.17. The van der Waals surface area contributed by atoms with E-state index in [0.717, 1.165) is 20.8 Å². The molecule has 142 valence electrons. The first-order chi connectivity index (χ1) is 12.5. The van der Waals surface area contributed by atoms with Gasteiger partial charge in [-0.05, 0) is 25.8 Å². The third kappa shape index (κ3) is 3.92. The maximum atomic E-state index is 12.5. The summed E-state index contributed by atoms with van der Waals surface area (Å²) in [6, 6.07) is 2.42. The number of thiophene rings is 1. The van der Waals surface area contributed by atoms with Crippen LogP contribution in [0.4, 0.5) is 0 Å². The van der Waals surface area contributed by atoms with Crippen molar-refractivity contribution in [2.75, 3.05) is 20.1 Å². The number of aryl methyl sites for hydroxylation is 1. The summed E-state index contributed by atoms with van der Waals surface area (Å²) in [5.41, 5.74) is 0.995. The molecule has 0 radical (unpaired) electrons. The van der Waals surface area contributed by atoms with Gasteiger partial charge >= 0.3 is 0 Å². The lowest BCUT2D eigenvalue weighted by molar-refractivity contribution is -0.129. The quantitative estimate of drug-likeness (QED) is 0.839. The van der Waals surface area contributed by atoms with Gasteiger partial charge in [0.05, 0.1) is 16.6 Å². The monoisotopic (exact) mass is 376 g/mol. The maximum Gasteiger partial charge on any atom is 0.261 e. The molecule has 1 fully saturated rings. The van der Waals surface area contributed by atoms with Crippen molar-refractivity contribution in [3.63, 3.8) is 0 Å². The highest BCUT2D eigenvalue weighted by molar-refractivity contribution is 7.20. The van der Waals surface area contributed by atoms with Gasteiger partial charge in [-0.15, -0.1) is 11.3 Å². The summed E-state index contributed by atoms with van der Waals surface area (Å²) in [5.74, 6) is 0.0162. The lowest BCUT2D eigenvalue weighted by atomic mass is 9.96. The zero-order valence-corrected chi connectivity index (χ0v) is 16.7. The van der Waals surface area contributed by atoms with Crippen LogP contribution >= 0.6 is 11.3 Å². The van der Waals surface area contributed by atoms with E-state index in [1.54, 1.807) is 11.9 Å². The van der Waals surface area contributed by atoms with Crippen LogP contribution in [0.3, 0.4) is 0 Å². The van der Waals surface area contributed by atoms with E-state index in [1.807, 2.05) is 19.9 Å². The number of carbonyl (C=O) groups is 2. The fraction of sp³-hybridized carbons (Fsp3) is 0.632. The van der Waals surface area contributed by atoms with Crippen LogP contribution in [-0.2, 0) is 4.79 Å². The van der Waals surface area contributed by atoms with Crippen LogP contribution in [0.25, 0.3) is 10.2 Å². The molecule has 1 aliphatic rings. The van der Waals surface area contributed by atoms with Gasteiger partial charge in [0, 0.05) is 31.9 Å². The molecule has 0 spiro atoms. The second-order valence-electron chi connectivity index (χ2n) is 7.08. The summed E-state index contributed by atoms with van der Waals surface area (Å²) in [7, 11) is 1.76. The minimum Gasteiger partial charge on any atom is -0.350 e. The summed E-state index contributed by atoms with van der Waals surface area (Å²) < 4.78 is 2.15. The lowest BCUT2D eigenvalue weighted by Crippen LogP contribution is -2.35. The van der Waals surface area contributed by atoms with E-state index in [1.165, 1.54) is 43.4 Å². The number of nitrogens with zero attached hydrogens (tertiary/aromatic N) is 3. The highest BCUT2D eigenvalue weighted by Gasteiger charge is 2.22. The number of rotatable bonds is 6. The van der Waals surface area contributed by atoms with E-state index in [9.17, 15) is 9.59 Å². The number of hydrogen-bond donors (Lipinski definition) is 1. The van der Waals surface area contributed by atoms with E-state index in [2.05, 4.69) is 10.00 Å². The maximum absolute atomic E-state index is 12.5. The Hall–Kier alpha value is -1.89. The molecular formula is C19H28N4O2S. The van der Waals surface area contributed by atoms with Gasteiger partial charge in [-0.2, -0.15) is 5.10 Å². The second-order valence-corrected chi connectivity index (χ2v) is 8.11. The Morgan fingerprint density at radius 1 is 1.35 bits per heavy atom. The molecule has 0 aromatic carbocycles. The number of amides is 2. The Bertz CT molecular complexity index is 789. The van der Waals surface area contributed by atoms with Crippen LogP contribution in [-0.4, -0.2) is 46.6 Å². The fourth-order valence-corrected chi connectivity index (χ4v) is 4.73. The predicted molar refractivity (Wildman–Crippen MR) is 105 cm³/mol. The summed E-state index contributed by atoms with van der Waals surface area (Å²) in [6.07, 6.45) is 6.66. The summed E-state index contributed by atoms with van der Waals surface area (Å²) in [4.78, 5) is 27.5. The number of carbonyl (C=O) groups excluding carboxylic acids is 2. The van der Waals surface area contributed by atoms with Crippen molar-refractivity contribution in [2.45, 2.75) is 58.4 Å². The van der Waals surface area contributed by atoms with Crippen molar-refractivity contribution >= 4 is 33.4 Å². The molecule has 0 atom stereocenters. The van der Waals surface area contributed by atoms with Gasteiger partial charge in [0.2, 0.25) is 5.91 Å². The van der Waals surface area contributed by atoms with E-state index in [-0.39, 0.29) is 11.8 Å². The predicted octanol–water partition coefficient (Wildman–Crippen LogP) is 3.51. The average Bonchev–Trinajstić information content (AvgIpc) is 3.22. The van der Waals surface area contributed by atoms with Gasteiger partial charge in [0.1, 0.15) is 4.83 Å². The van der Waals surface area contributed by atoms with Crippen molar-refractivity contribution in [2.24, 2.45) is 0 Å². The standard InChI is InChI=1S/C19H28N4O2S/c1-4-17(24)22(3)11-10-20-18(25)16-12-15-13(2)21-23(19(15)26-16)14-8-6-5-7-9-14/h12,14H,4-11H2,1-3H3,(H,20,25). The molecule has 0 aliphatic heterocycles. The molecule has 1 saturated carbocycles. The summed E-state index contributed by atoms with van der Waals surface area (Å²) in [6.45, 7) is 4.84. The minimum atomic E-state index is -0.0712. The van der Waals surface area contributed by atoms with Crippen LogP contribution in [0.2, 0.25) is 0 Å². The van der Waals surface area contributed by atoms with Crippen molar-refractivity contribution in [1.29, 1.82) is 0 Å². The van der Waals surface area contributed by atoms with Gasteiger partial charge < -0.3 is 10.2 Å². The number of nitrogens with one attached hydrogen (secondary N) is 1. The van der Waals surface area contributed by atoms with Crippen LogP contribution in [0.15, 0.2) is 6.07 Å². The third-order valence-corrected chi connectivity index (χ3v) is 6.30. The second kappa shape index (κ2) is 8.20. The Morgan fingerprint density at radius 2 is 2.08 bits per heavy atom. The van der Waals surface area contributed by atoms with Gasteiger partial charge in [-0.25, -0.2) is 0 Å². The first-order valence-corrected chi connectivity index (χ1v) is 10.3. The Kier molecular flexibility index (Phi) is 5.96. The van der Waals surface area contributed by atoms with E-state index in [0.29, 0.717) is 25.6 Å². The molecule has 0 unspecified atom stereocenters. The first-order valence-electron chi connectivity index (χ1n) is 9.52. The highest BCUT2D eigenvalue weighted by Crippen LogP contribution is 2.35. The number of hydrogen-bond acceptors (Lipinski definition) is 4. The fourth-order valence-electron chi connectivity index (χ4n) is 3.58. The Labute approximate surface area is 158 Å². The van der Waals surface area contributed by atoms with Crippen molar-refractivity contribution in [3.05, 3.63) is 16.6 Å². The van der Waals surface area contributed by atoms with Crippen LogP contribution in [0, 0.1) is 6.92 Å². The minimum absolute atomic E-state index is 0.0712. The molecule has 0 saturated heterocycles. The van der Waals surface area contributed by atoms with Gasteiger partial charge in [0.25, 0.3) is 5.91 Å². The first kappa shape index (κ1) is 18.9. The molecular weight excluding hydrogens is 348 g/mol. The van der Waals surface area contributed by atoms with Gasteiger partial charge in [-0.1, -0.05) is 26.2 Å². The molecule has 7 heteroatoms. The SMILES string of the molecule is CCC(=O)N(C)CCNC(=O)c1cc2c(C)nn(C3CCCCC3)c2s1. The van der Waals surface area contributed by atoms with Gasteiger partial charge in [0.15, 0.2) is 0 Å². The Balaban J connectivity index is 1.68. The molecule has 1 N–H and O–H groups in total. The van der Waals surface area contributed by atoms with E-state index < -0.39 is 0 Å². The molecule has 2 aromatic heterocycles. The van der Waals surface area contributed by atoms with Crippen molar-refractivity contribution in [3.8, 4) is 0 Å². The average molecular weight is 377 g/mol. The van der Waals surface area contributed by atoms with Crippen LogP contribution < -0.4 is 5.32 Å². The van der Waals surface area contributed by atoms with Crippen molar-refractivity contribution < 1.29 is 9.59 Å². The topological polar surface area (TPSA) is 67.2 Å². The van der Waals surface area contributed by atoms with E-state index >= 15 is 0 Å². The zero-order chi connectivity index (χ0) is 18.7. The zero-order valence-electron chi connectivity index (χ0n) is 15.9. The summed E-state index contributed by atoms with van der Waals surface area (Å²) in [5, 5.41) is 8.75. The molecule has 2 amide bonds. The normalized spacial score (nSPS) is 15.3. The largest absolute Gasteiger partial charge is 0.350 e. The number of fused-ring (bicyclic) bond motifs is 1. The molecule has 0 bridgehead atoms. The van der Waals surface area contributed by atoms with E-state index in [4.69, 9.17) is 5.10 Å². The molecule has 1 aliphatic carbocycles. The molecule has 26 heavy (non-hydrogen) atoms.